The zero-order valence-electron chi connectivity index (χ0n) is 14.9. The van der Waals surface area contributed by atoms with E-state index in [4.69, 9.17) is 9.47 Å². The topological polar surface area (TPSA) is 65.3 Å². The van der Waals surface area contributed by atoms with E-state index in [9.17, 15) is 0 Å². The first kappa shape index (κ1) is 16.5. The normalized spacial score (nSPS) is 22.7. The molecule has 2 aliphatic heterocycles. The monoisotopic (exact) mass is 343 g/mol. The van der Waals surface area contributed by atoms with Crippen molar-refractivity contribution in [3.05, 3.63) is 36.0 Å². The summed E-state index contributed by atoms with van der Waals surface area (Å²) in [5.41, 5.74) is 2.07. The Morgan fingerprint density at radius 1 is 1.32 bits per heavy atom. The molecule has 4 heterocycles. The van der Waals surface area contributed by atoms with Crippen LogP contribution in [0.25, 0.3) is 0 Å². The van der Waals surface area contributed by atoms with Crippen LogP contribution in [-0.4, -0.2) is 56.0 Å². The molecule has 2 aliphatic rings. The number of hydrogen-bond acceptors (Lipinski definition) is 6. The van der Waals surface area contributed by atoms with Crippen molar-refractivity contribution in [2.24, 2.45) is 0 Å². The summed E-state index contributed by atoms with van der Waals surface area (Å²) in [7, 11) is 0. The standard InChI is InChI=1S/C18H25N5O2/c1-3-23-11-15(8-20-23)10-22-12-18(13-22)6-16(4-5-24-18)25-17-9-19-7-14(2)21-17/h7-9,11,16H,3-6,10,12-13H2,1-2H3. The summed E-state index contributed by atoms with van der Waals surface area (Å²) < 4.78 is 14.1. The third kappa shape index (κ3) is 3.67. The highest BCUT2D eigenvalue weighted by molar-refractivity contribution is 5.11. The molecule has 1 atom stereocenters. The van der Waals surface area contributed by atoms with Crippen LogP contribution in [0.3, 0.4) is 0 Å². The Labute approximate surface area is 148 Å². The van der Waals surface area contributed by atoms with Crippen molar-refractivity contribution in [1.82, 2.24) is 24.6 Å². The molecule has 0 aliphatic carbocycles. The molecule has 7 nitrogen and oxygen atoms in total. The minimum Gasteiger partial charge on any atom is -0.473 e. The van der Waals surface area contributed by atoms with Gasteiger partial charge in [0.1, 0.15) is 6.10 Å². The van der Waals surface area contributed by atoms with Gasteiger partial charge in [-0.1, -0.05) is 0 Å². The van der Waals surface area contributed by atoms with E-state index in [-0.39, 0.29) is 11.7 Å². The summed E-state index contributed by atoms with van der Waals surface area (Å²) in [6, 6.07) is 0. The average Bonchev–Trinajstić information content (AvgIpc) is 3.01. The molecule has 0 radical (unpaired) electrons. The van der Waals surface area contributed by atoms with Gasteiger partial charge in [0.05, 0.1) is 30.3 Å². The van der Waals surface area contributed by atoms with E-state index in [2.05, 4.69) is 33.1 Å². The van der Waals surface area contributed by atoms with E-state index in [1.54, 1.807) is 12.4 Å². The third-order valence-electron chi connectivity index (χ3n) is 4.91. The van der Waals surface area contributed by atoms with Gasteiger partial charge < -0.3 is 9.47 Å². The summed E-state index contributed by atoms with van der Waals surface area (Å²) in [5.74, 6) is 0.616. The van der Waals surface area contributed by atoms with Crippen LogP contribution in [0.5, 0.6) is 5.88 Å². The highest BCUT2D eigenvalue weighted by Gasteiger charge is 2.48. The van der Waals surface area contributed by atoms with Gasteiger partial charge in [0.15, 0.2) is 0 Å². The summed E-state index contributed by atoms with van der Waals surface area (Å²) in [5, 5.41) is 4.34. The van der Waals surface area contributed by atoms with Gasteiger partial charge in [-0.25, -0.2) is 4.98 Å². The van der Waals surface area contributed by atoms with Crippen LogP contribution in [0.1, 0.15) is 31.0 Å². The van der Waals surface area contributed by atoms with Gasteiger partial charge in [0, 0.05) is 57.0 Å². The lowest BCUT2D eigenvalue weighted by Crippen LogP contribution is -2.65. The predicted octanol–water partition coefficient (Wildman–Crippen LogP) is 1.81. The second kappa shape index (κ2) is 6.72. The molecule has 7 heteroatoms. The van der Waals surface area contributed by atoms with Crippen molar-refractivity contribution >= 4 is 0 Å². The lowest BCUT2D eigenvalue weighted by atomic mass is 9.84. The minimum absolute atomic E-state index is 0.0685. The lowest BCUT2D eigenvalue weighted by Gasteiger charge is -2.53. The third-order valence-corrected chi connectivity index (χ3v) is 4.91. The van der Waals surface area contributed by atoms with E-state index >= 15 is 0 Å². The largest absolute Gasteiger partial charge is 0.473 e. The lowest BCUT2D eigenvalue weighted by molar-refractivity contribution is -0.188. The fraction of sp³-hybridized carbons (Fsp3) is 0.611. The maximum atomic E-state index is 6.11. The van der Waals surface area contributed by atoms with Gasteiger partial charge in [0.2, 0.25) is 5.88 Å². The van der Waals surface area contributed by atoms with Crippen LogP contribution in [0.2, 0.25) is 0 Å². The number of rotatable bonds is 5. The molecular formula is C18H25N5O2. The van der Waals surface area contributed by atoms with Gasteiger partial charge in [-0.05, 0) is 13.8 Å². The number of aryl methyl sites for hydroxylation is 2. The smallest absolute Gasteiger partial charge is 0.232 e. The Hall–Kier alpha value is -1.99. The fourth-order valence-corrected chi connectivity index (χ4v) is 3.77. The molecule has 0 saturated carbocycles. The van der Waals surface area contributed by atoms with Crippen LogP contribution in [0, 0.1) is 6.92 Å². The Balaban J connectivity index is 1.31. The fourth-order valence-electron chi connectivity index (χ4n) is 3.77. The van der Waals surface area contributed by atoms with Crippen molar-refractivity contribution < 1.29 is 9.47 Å². The summed E-state index contributed by atoms with van der Waals surface area (Å²) in [4.78, 5) is 11.0. The average molecular weight is 343 g/mol. The van der Waals surface area contributed by atoms with Crippen molar-refractivity contribution in [3.63, 3.8) is 0 Å². The van der Waals surface area contributed by atoms with Gasteiger partial charge in [-0.15, -0.1) is 0 Å². The Bertz CT molecular complexity index is 726. The van der Waals surface area contributed by atoms with Gasteiger partial charge in [-0.2, -0.15) is 5.10 Å². The number of aromatic nitrogens is 4. The van der Waals surface area contributed by atoms with Crippen LogP contribution in [-0.2, 0) is 17.8 Å². The molecule has 134 valence electrons. The predicted molar refractivity (Wildman–Crippen MR) is 92.3 cm³/mol. The number of likely N-dealkylation sites (tertiary alicyclic amines) is 1. The second-order valence-corrected chi connectivity index (χ2v) is 7.11. The van der Waals surface area contributed by atoms with Crippen molar-refractivity contribution in [2.45, 2.75) is 51.5 Å². The Morgan fingerprint density at radius 3 is 2.96 bits per heavy atom. The van der Waals surface area contributed by atoms with E-state index in [0.29, 0.717) is 5.88 Å². The van der Waals surface area contributed by atoms with E-state index in [1.807, 2.05) is 17.8 Å². The van der Waals surface area contributed by atoms with Crippen molar-refractivity contribution in [2.75, 3.05) is 19.7 Å². The summed E-state index contributed by atoms with van der Waals surface area (Å²) >= 11 is 0. The molecule has 2 aromatic rings. The molecule has 2 saturated heterocycles. The molecule has 4 rings (SSSR count). The first-order valence-corrected chi connectivity index (χ1v) is 8.97. The van der Waals surface area contributed by atoms with E-state index in [0.717, 1.165) is 51.3 Å². The first-order valence-electron chi connectivity index (χ1n) is 8.97. The van der Waals surface area contributed by atoms with Crippen LogP contribution >= 0.6 is 0 Å². The van der Waals surface area contributed by atoms with E-state index < -0.39 is 0 Å². The molecule has 0 N–H and O–H groups in total. The first-order chi connectivity index (χ1) is 12.1. The maximum absolute atomic E-state index is 6.11. The van der Waals surface area contributed by atoms with Gasteiger partial charge >= 0.3 is 0 Å². The number of ether oxygens (including phenoxy) is 2. The summed E-state index contributed by atoms with van der Waals surface area (Å²) in [6.07, 6.45) is 9.47. The number of nitrogens with zero attached hydrogens (tertiary/aromatic N) is 5. The summed E-state index contributed by atoms with van der Waals surface area (Å²) in [6.45, 7) is 8.51. The quantitative estimate of drug-likeness (QED) is 0.825. The molecule has 2 aromatic heterocycles. The van der Waals surface area contributed by atoms with Crippen molar-refractivity contribution in [3.8, 4) is 5.88 Å². The maximum Gasteiger partial charge on any atom is 0.232 e. The number of hydrogen-bond donors (Lipinski definition) is 0. The molecule has 0 aromatic carbocycles. The molecular weight excluding hydrogens is 318 g/mol. The van der Waals surface area contributed by atoms with E-state index in [1.165, 1.54) is 5.56 Å². The molecule has 1 unspecified atom stereocenters. The molecule has 0 amide bonds. The molecule has 0 bridgehead atoms. The van der Waals surface area contributed by atoms with Gasteiger partial charge in [-0.3, -0.25) is 14.6 Å². The second-order valence-electron chi connectivity index (χ2n) is 7.11. The SMILES string of the molecule is CCn1cc(CN2CC3(CC(Oc4cncc(C)n4)CCO3)C2)cn1. The Kier molecular flexibility index (Phi) is 4.43. The highest BCUT2D eigenvalue weighted by Crippen LogP contribution is 2.36. The molecule has 1 spiro atoms. The van der Waals surface area contributed by atoms with Crippen LogP contribution in [0.4, 0.5) is 0 Å². The molecule has 2 fully saturated rings. The minimum atomic E-state index is -0.0685. The van der Waals surface area contributed by atoms with Crippen LogP contribution < -0.4 is 4.74 Å². The zero-order chi connectivity index (χ0) is 17.3. The van der Waals surface area contributed by atoms with Crippen molar-refractivity contribution in [1.29, 1.82) is 0 Å². The zero-order valence-corrected chi connectivity index (χ0v) is 14.9. The van der Waals surface area contributed by atoms with Crippen LogP contribution in [0.15, 0.2) is 24.8 Å². The molecule has 25 heavy (non-hydrogen) atoms. The highest BCUT2D eigenvalue weighted by atomic mass is 16.5. The van der Waals surface area contributed by atoms with Gasteiger partial charge in [0.25, 0.3) is 0 Å². The Morgan fingerprint density at radius 2 is 2.20 bits per heavy atom.